The SMILES string of the molecule is Cc1ccccc1N1CCN(Cc2sccc2C)CC1. The van der Waals surface area contributed by atoms with Gasteiger partial charge in [-0.25, -0.2) is 0 Å². The molecule has 2 nitrogen and oxygen atoms in total. The molecule has 3 rings (SSSR count). The quantitative estimate of drug-likeness (QED) is 0.849. The van der Waals surface area contributed by atoms with Crippen molar-refractivity contribution in [2.75, 3.05) is 31.1 Å². The second kappa shape index (κ2) is 5.98. The Kier molecular flexibility index (Phi) is 4.08. The van der Waals surface area contributed by atoms with Crippen LogP contribution in [0.1, 0.15) is 16.0 Å². The molecule has 20 heavy (non-hydrogen) atoms. The Morgan fingerprint density at radius 2 is 1.70 bits per heavy atom. The normalized spacial score (nSPS) is 16.6. The van der Waals surface area contributed by atoms with Crippen LogP contribution in [0.25, 0.3) is 0 Å². The van der Waals surface area contributed by atoms with E-state index in [1.54, 1.807) is 0 Å². The Bertz CT molecular complexity index is 568. The molecular formula is C17H22N2S. The number of aryl methyl sites for hydroxylation is 2. The molecule has 2 aromatic rings. The van der Waals surface area contributed by atoms with Crippen molar-refractivity contribution in [2.45, 2.75) is 20.4 Å². The van der Waals surface area contributed by atoms with Gasteiger partial charge in [0.25, 0.3) is 0 Å². The number of benzene rings is 1. The summed E-state index contributed by atoms with van der Waals surface area (Å²) >= 11 is 1.89. The maximum absolute atomic E-state index is 2.58. The lowest BCUT2D eigenvalue weighted by Gasteiger charge is -2.36. The minimum Gasteiger partial charge on any atom is -0.369 e. The van der Waals surface area contributed by atoms with Gasteiger partial charge < -0.3 is 4.90 Å². The molecule has 106 valence electrons. The van der Waals surface area contributed by atoms with Crippen LogP contribution in [0, 0.1) is 13.8 Å². The number of piperazine rings is 1. The zero-order valence-electron chi connectivity index (χ0n) is 12.3. The fourth-order valence-electron chi connectivity index (χ4n) is 2.83. The van der Waals surface area contributed by atoms with Crippen LogP contribution >= 0.6 is 11.3 Å². The third-order valence-corrected chi connectivity index (χ3v) is 5.17. The molecule has 1 aliphatic rings. The maximum Gasteiger partial charge on any atom is 0.0396 e. The van der Waals surface area contributed by atoms with Gasteiger partial charge in [-0.1, -0.05) is 18.2 Å². The summed E-state index contributed by atoms with van der Waals surface area (Å²) in [5, 5.41) is 2.20. The van der Waals surface area contributed by atoms with Crippen LogP contribution in [0.15, 0.2) is 35.7 Å². The molecule has 1 aromatic carbocycles. The highest BCUT2D eigenvalue weighted by Gasteiger charge is 2.18. The smallest absolute Gasteiger partial charge is 0.0396 e. The fourth-order valence-corrected chi connectivity index (χ4v) is 3.78. The number of hydrogen-bond donors (Lipinski definition) is 0. The van der Waals surface area contributed by atoms with Crippen molar-refractivity contribution < 1.29 is 0 Å². The first kappa shape index (κ1) is 13.7. The van der Waals surface area contributed by atoms with Crippen molar-refractivity contribution in [3.8, 4) is 0 Å². The number of thiophene rings is 1. The second-order valence-electron chi connectivity index (χ2n) is 5.58. The van der Waals surface area contributed by atoms with Crippen molar-refractivity contribution in [3.05, 3.63) is 51.7 Å². The predicted molar refractivity (Wildman–Crippen MR) is 87.7 cm³/mol. The molecule has 0 saturated carbocycles. The summed E-state index contributed by atoms with van der Waals surface area (Å²) in [6.45, 7) is 10.1. The Balaban J connectivity index is 1.60. The minimum atomic E-state index is 1.12. The van der Waals surface area contributed by atoms with Crippen LogP contribution in [-0.4, -0.2) is 31.1 Å². The molecule has 0 spiro atoms. The van der Waals surface area contributed by atoms with E-state index in [9.17, 15) is 0 Å². The van der Waals surface area contributed by atoms with Crippen molar-refractivity contribution in [1.82, 2.24) is 4.90 Å². The summed E-state index contributed by atoms with van der Waals surface area (Å²) in [7, 11) is 0. The van der Waals surface area contributed by atoms with Crippen molar-refractivity contribution >= 4 is 17.0 Å². The lowest BCUT2D eigenvalue weighted by Crippen LogP contribution is -2.46. The van der Waals surface area contributed by atoms with Gasteiger partial charge in [0.05, 0.1) is 0 Å². The molecule has 0 bridgehead atoms. The summed E-state index contributed by atoms with van der Waals surface area (Å²) in [5.41, 5.74) is 4.23. The lowest BCUT2D eigenvalue weighted by molar-refractivity contribution is 0.251. The molecule has 0 N–H and O–H groups in total. The molecule has 0 aliphatic carbocycles. The van der Waals surface area contributed by atoms with E-state index in [-0.39, 0.29) is 0 Å². The third-order valence-electron chi connectivity index (χ3n) is 4.16. The molecule has 1 aliphatic heterocycles. The molecule has 0 unspecified atom stereocenters. The van der Waals surface area contributed by atoms with Gasteiger partial charge in [0.1, 0.15) is 0 Å². The highest BCUT2D eigenvalue weighted by atomic mass is 32.1. The molecule has 1 saturated heterocycles. The zero-order chi connectivity index (χ0) is 13.9. The highest BCUT2D eigenvalue weighted by Crippen LogP contribution is 2.23. The average molecular weight is 286 g/mol. The van der Waals surface area contributed by atoms with Gasteiger partial charge in [0, 0.05) is 43.3 Å². The number of nitrogens with zero attached hydrogens (tertiary/aromatic N) is 2. The standard InChI is InChI=1S/C17H22N2S/c1-14-5-3-4-6-16(14)19-10-8-18(9-11-19)13-17-15(2)7-12-20-17/h3-7,12H,8-11,13H2,1-2H3. The summed E-state index contributed by atoms with van der Waals surface area (Å²) in [6, 6.07) is 10.9. The molecular weight excluding hydrogens is 264 g/mol. The summed E-state index contributed by atoms with van der Waals surface area (Å²) in [5.74, 6) is 0. The monoisotopic (exact) mass is 286 g/mol. The van der Waals surface area contributed by atoms with E-state index in [0.717, 1.165) is 32.7 Å². The summed E-state index contributed by atoms with van der Waals surface area (Å²) in [6.07, 6.45) is 0. The second-order valence-corrected chi connectivity index (χ2v) is 6.58. The maximum atomic E-state index is 2.58. The van der Waals surface area contributed by atoms with Gasteiger partial charge in [0.15, 0.2) is 0 Å². The van der Waals surface area contributed by atoms with E-state index in [4.69, 9.17) is 0 Å². The van der Waals surface area contributed by atoms with Gasteiger partial charge in [-0.05, 0) is 42.5 Å². The van der Waals surface area contributed by atoms with Crippen molar-refractivity contribution in [1.29, 1.82) is 0 Å². The molecule has 0 atom stereocenters. The van der Waals surface area contributed by atoms with Crippen molar-refractivity contribution in [3.63, 3.8) is 0 Å². The topological polar surface area (TPSA) is 6.48 Å². The molecule has 1 fully saturated rings. The first-order valence-electron chi connectivity index (χ1n) is 7.30. The predicted octanol–water partition coefficient (Wildman–Crippen LogP) is 3.69. The number of anilines is 1. The van der Waals surface area contributed by atoms with Gasteiger partial charge in [-0.3, -0.25) is 4.90 Å². The van der Waals surface area contributed by atoms with Gasteiger partial charge in [-0.15, -0.1) is 11.3 Å². The van der Waals surface area contributed by atoms with Crippen LogP contribution in [0.4, 0.5) is 5.69 Å². The lowest BCUT2D eigenvalue weighted by atomic mass is 10.1. The first-order chi connectivity index (χ1) is 9.74. The van der Waals surface area contributed by atoms with Crippen LogP contribution in [0.2, 0.25) is 0 Å². The van der Waals surface area contributed by atoms with Crippen molar-refractivity contribution in [2.24, 2.45) is 0 Å². The molecule has 2 heterocycles. The van der Waals surface area contributed by atoms with E-state index >= 15 is 0 Å². The zero-order valence-corrected chi connectivity index (χ0v) is 13.1. The molecule has 1 aromatic heterocycles. The Morgan fingerprint density at radius 3 is 2.35 bits per heavy atom. The number of rotatable bonds is 3. The van der Waals surface area contributed by atoms with E-state index in [1.165, 1.54) is 21.7 Å². The Labute approximate surface area is 125 Å². The molecule has 0 amide bonds. The number of hydrogen-bond acceptors (Lipinski definition) is 3. The van der Waals surface area contributed by atoms with E-state index in [2.05, 4.69) is 59.4 Å². The van der Waals surface area contributed by atoms with Crippen LogP contribution in [-0.2, 0) is 6.54 Å². The van der Waals surface area contributed by atoms with E-state index in [1.807, 2.05) is 11.3 Å². The minimum absolute atomic E-state index is 1.12. The number of para-hydroxylation sites is 1. The van der Waals surface area contributed by atoms with Gasteiger partial charge in [0.2, 0.25) is 0 Å². The van der Waals surface area contributed by atoms with Crippen LogP contribution in [0.5, 0.6) is 0 Å². The van der Waals surface area contributed by atoms with Crippen LogP contribution < -0.4 is 4.90 Å². The summed E-state index contributed by atoms with van der Waals surface area (Å²) < 4.78 is 0. The highest BCUT2D eigenvalue weighted by molar-refractivity contribution is 7.10. The van der Waals surface area contributed by atoms with Gasteiger partial charge >= 0.3 is 0 Å². The molecule has 3 heteroatoms. The third kappa shape index (κ3) is 2.89. The fraction of sp³-hybridized carbons (Fsp3) is 0.412. The largest absolute Gasteiger partial charge is 0.369 e. The summed E-state index contributed by atoms with van der Waals surface area (Å²) in [4.78, 5) is 6.62. The first-order valence-corrected chi connectivity index (χ1v) is 8.18. The van der Waals surface area contributed by atoms with E-state index < -0.39 is 0 Å². The van der Waals surface area contributed by atoms with Gasteiger partial charge in [-0.2, -0.15) is 0 Å². The average Bonchev–Trinajstić information content (AvgIpc) is 2.86. The van der Waals surface area contributed by atoms with Crippen LogP contribution in [0.3, 0.4) is 0 Å². The Morgan fingerprint density at radius 1 is 0.950 bits per heavy atom. The van der Waals surface area contributed by atoms with E-state index in [0.29, 0.717) is 0 Å². The Hall–Kier alpha value is -1.32. The molecule has 0 radical (unpaired) electrons.